The highest BCUT2D eigenvalue weighted by Crippen LogP contribution is 2.30. The van der Waals surface area contributed by atoms with Crippen molar-refractivity contribution in [2.24, 2.45) is 0 Å². The van der Waals surface area contributed by atoms with Crippen LogP contribution < -0.4 is 0 Å². The zero-order valence-electron chi connectivity index (χ0n) is 11.1. The van der Waals surface area contributed by atoms with E-state index in [9.17, 15) is 0 Å². The summed E-state index contributed by atoms with van der Waals surface area (Å²) in [4.78, 5) is 9.36. The summed E-state index contributed by atoms with van der Waals surface area (Å²) in [5.74, 6) is 0.779. The fraction of sp³-hybridized carbons (Fsp3) is 0.0769. The number of aromatic nitrogens is 5. The number of benzene rings is 1. The Hall–Kier alpha value is -1.77. The number of imidazole rings is 1. The fourth-order valence-electron chi connectivity index (χ4n) is 2.04. The van der Waals surface area contributed by atoms with Crippen LogP contribution in [-0.4, -0.2) is 24.7 Å². The average molecular weight is 397 g/mol. The maximum atomic E-state index is 6.18. The third-order valence-corrected chi connectivity index (χ3v) is 4.61. The van der Waals surface area contributed by atoms with E-state index in [4.69, 9.17) is 16.1 Å². The molecule has 0 aliphatic carbocycles. The molecular formula is C13H7BrClN5OS. The fourth-order valence-corrected chi connectivity index (χ4v) is 3.34. The molecule has 0 unspecified atom stereocenters. The second-order valence-corrected chi connectivity index (χ2v) is 6.93. The van der Waals surface area contributed by atoms with E-state index in [1.807, 2.05) is 31.2 Å². The van der Waals surface area contributed by atoms with E-state index in [0.29, 0.717) is 27.5 Å². The van der Waals surface area contributed by atoms with E-state index >= 15 is 0 Å². The monoisotopic (exact) mass is 395 g/mol. The first kappa shape index (κ1) is 13.9. The van der Waals surface area contributed by atoms with Gasteiger partial charge in [0.05, 0.1) is 0 Å². The third kappa shape index (κ3) is 2.23. The molecule has 0 amide bonds. The van der Waals surface area contributed by atoms with Crippen molar-refractivity contribution in [2.45, 2.75) is 6.92 Å². The molecule has 6 nitrogen and oxygen atoms in total. The SMILES string of the molecule is Cc1nn2c(-c3noc(-c4ccc(Br)cc4)n3)c(Cl)nc2s1. The minimum atomic E-state index is 0.307. The predicted molar refractivity (Wildman–Crippen MR) is 87.0 cm³/mol. The Balaban J connectivity index is 1.83. The smallest absolute Gasteiger partial charge is 0.258 e. The molecular weight excluding hydrogens is 390 g/mol. The van der Waals surface area contributed by atoms with Crippen LogP contribution in [0.15, 0.2) is 33.3 Å². The maximum absolute atomic E-state index is 6.18. The summed E-state index contributed by atoms with van der Waals surface area (Å²) in [5.41, 5.74) is 1.36. The minimum absolute atomic E-state index is 0.307. The number of aryl methyl sites for hydroxylation is 1. The first-order valence-electron chi connectivity index (χ1n) is 6.23. The summed E-state index contributed by atoms with van der Waals surface area (Å²) in [5, 5.41) is 9.56. The first-order chi connectivity index (χ1) is 10.6. The van der Waals surface area contributed by atoms with Crippen LogP contribution in [0, 0.1) is 6.92 Å². The zero-order chi connectivity index (χ0) is 15.3. The zero-order valence-corrected chi connectivity index (χ0v) is 14.3. The molecule has 0 aliphatic heterocycles. The van der Waals surface area contributed by atoms with Crippen LogP contribution in [0.25, 0.3) is 27.9 Å². The lowest BCUT2D eigenvalue weighted by atomic mass is 10.2. The van der Waals surface area contributed by atoms with Gasteiger partial charge in [0.2, 0.25) is 10.8 Å². The number of hydrogen-bond acceptors (Lipinski definition) is 6. The largest absolute Gasteiger partial charge is 0.334 e. The van der Waals surface area contributed by atoms with Gasteiger partial charge in [-0.25, -0.2) is 4.98 Å². The predicted octanol–water partition coefficient (Wildman–Crippen LogP) is 4.23. The van der Waals surface area contributed by atoms with Crippen molar-refractivity contribution < 1.29 is 4.52 Å². The highest BCUT2D eigenvalue weighted by Gasteiger charge is 2.21. The summed E-state index contributed by atoms with van der Waals surface area (Å²) < 4.78 is 7.94. The van der Waals surface area contributed by atoms with E-state index in [0.717, 1.165) is 15.0 Å². The van der Waals surface area contributed by atoms with E-state index < -0.39 is 0 Å². The Morgan fingerprint density at radius 3 is 2.77 bits per heavy atom. The summed E-state index contributed by atoms with van der Waals surface area (Å²) in [7, 11) is 0. The quantitative estimate of drug-likeness (QED) is 0.507. The molecule has 1 aromatic carbocycles. The van der Waals surface area contributed by atoms with Gasteiger partial charge >= 0.3 is 0 Å². The molecule has 0 radical (unpaired) electrons. The van der Waals surface area contributed by atoms with E-state index in [-0.39, 0.29) is 0 Å². The molecule has 0 fully saturated rings. The Labute approximate surface area is 141 Å². The number of rotatable bonds is 2. The van der Waals surface area contributed by atoms with Crippen LogP contribution in [-0.2, 0) is 0 Å². The van der Waals surface area contributed by atoms with Crippen molar-refractivity contribution >= 4 is 43.8 Å². The molecule has 22 heavy (non-hydrogen) atoms. The average Bonchev–Trinajstić information content (AvgIpc) is 3.14. The molecule has 0 saturated carbocycles. The van der Waals surface area contributed by atoms with Gasteiger partial charge in [0, 0.05) is 10.0 Å². The highest BCUT2D eigenvalue weighted by atomic mass is 79.9. The number of halogens is 2. The van der Waals surface area contributed by atoms with Crippen molar-refractivity contribution in [3.05, 3.63) is 38.9 Å². The van der Waals surface area contributed by atoms with E-state index in [2.05, 4.69) is 36.2 Å². The molecule has 3 heterocycles. The van der Waals surface area contributed by atoms with Crippen LogP contribution >= 0.6 is 38.9 Å². The lowest BCUT2D eigenvalue weighted by Gasteiger charge is -1.93. The molecule has 0 atom stereocenters. The van der Waals surface area contributed by atoms with Gasteiger partial charge in [-0.1, -0.05) is 44.0 Å². The second kappa shape index (κ2) is 5.15. The molecule has 4 aromatic rings. The van der Waals surface area contributed by atoms with Crippen molar-refractivity contribution in [1.82, 2.24) is 24.7 Å². The first-order valence-corrected chi connectivity index (χ1v) is 8.22. The van der Waals surface area contributed by atoms with Gasteiger partial charge in [-0.15, -0.1) is 0 Å². The minimum Gasteiger partial charge on any atom is -0.334 e. The number of nitrogens with zero attached hydrogens (tertiary/aromatic N) is 5. The number of hydrogen-bond donors (Lipinski definition) is 0. The van der Waals surface area contributed by atoms with Crippen LogP contribution in [0.4, 0.5) is 0 Å². The normalized spacial score (nSPS) is 11.4. The van der Waals surface area contributed by atoms with Crippen molar-refractivity contribution in [3.8, 4) is 23.0 Å². The van der Waals surface area contributed by atoms with E-state index in [1.165, 1.54) is 11.3 Å². The van der Waals surface area contributed by atoms with Crippen molar-refractivity contribution in [2.75, 3.05) is 0 Å². The molecule has 9 heteroatoms. The Morgan fingerprint density at radius 2 is 2.00 bits per heavy atom. The van der Waals surface area contributed by atoms with Crippen LogP contribution in [0.2, 0.25) is 5.15 Å². The van der Waals surface area contributed by atoms with Gasteiger partial charge < -0.3 is 4.52 Å². The van der Waals surface area contributed by atoms with Gasteiger partial charge in [0.1, 0.15) is 5.01 Å². The van der Waals surface area contributed by atoms with Crippen LogP contribution in [0.3, 0.4) is 0 Å². The Bertz CT molecular complexity index is 974. The van der Waals surface area contributed by atoms with E-state index in [1.54, 1.807) is 4.52 Å². The van der Waals surface area contributed by atoms with Crippen molar-refractivity contribution in [3.63, 3.8) is 0 Å². The van der Waals surface area contributed by atoms with Gasteiger partial charge in [0.25, 0.3) is 5.89 Å². The Kier molecular flexibility index (Phi) is 3.24. The van der Waals surface area contributed by atoms with Gasteiger partial charge in [0.15, 0.2) is 10.8 Å². The van der Waals surface area contributed by atoms with Gasteiger partial charge in [-0.3, -0.25) is 0 Å². The Morgan fingerprint density at radius 1 is 1.23 bits per heavy atom. The highest BCUT2D eigenvalue weighted by molar-refractivity contribution is 9.10. The molecule has 0 bridgehead atoms. The summed E-state index contributed by atoms with van der Waals surface area (Å²) in [6.07, 6.45) is 0. The van der Waals surface area contributed by atoms with Gasteiger partial charge in [-0.05, 0) is 31.2 Å². The summed E-state index contributed by atoms with van der Waals surface area (Å²) in [6, 6.07) is 7.60. The molecule has 0 aliphatic rings. The topological polar surface area (TPSA) is 69.1 Å². The van der Waals surface area contributed by atoms with Crippen molar-refractivity contribution in [1.29, 1.82) is 0 Å². The maximum Gasteiger partial charge on any atom is 0.258 e. The number of fused-ring (bicyclic) bond motifs is 1. The standard InChI is InChI=1S/C13H7BrClN5OS/c1-6-18-20-9(10(15)16-13(20)22-6)11-17-12(21-19-11)7-2-4-8(14)5-3-7/h2-5H,1H3. The molecule has 110 valence electrons. The summed E-state index contributed by atoms with van der Waals surface area (Å²) >= 11 is 11.0. The van der Waals surface area contributed by atoms with Crippen LogP contribution in [0.5, 0.6) is 0 Å². The molecule has 4 rings (SSSR count). The molecule has 0 spiro atoms. The molecule has 0 saturated heterocycles. The summed E-state index contributed by atoms with van der Waals surface area (Å²) in [6.45, 7) is 1.90. The second-order valence-electron chi connectivity index (χ2n) is 4.50. The van der Waals surface area contributed by atoms with Gasteiger partial charge in [-0.2, -0.15) is 14.6 Å². The third-order valence-electron chi connectivity index (χ3n) is 2.99. The van der Waals surface area contributed by atoms with Crippen LogP contribution in [0.1, 0.15) is 5.01 Å². The lowest BCUT2D eigenvalue weighted by Crippen LogP contribution is -1.91. The molecule has 0 N–H and O–H groups in total. The lowest BCUT2D eigenvalue weighted by molar-refractivity contribution is 0.432. The molecule has 3 aromatic heterocycles.